The van der Waals surface area contributed by atoms with Crippen molar-refractivity contribution >= 4 is 29.2 Å². The lowest BCUT2D eigenvalue weighted by molar-refractivity contribution is 0.0793. The summed E-state index contributed by atoms with van der Waals surface area (Å²) in [5, 5.41) is 15.7. The smallest absolute Gasteiger partial charge is 0.319 e. The molecule has 27 heavy (non-hydrogen) atoms. The topological polar surface area (TPSA) is 81.7 Å². The monoisotopic (exact) mass is 387 g/mol. The molecule has 0 saturated carbocycles. The van der Waals surface area contributed by atoms with Crippen molar-refractivity contribution in [2.24, 2.45) is 0 Å². The Hall–Kier alpha value is -2.57. The van der Waals surface area contributed by atoms with Crippen LogP contribution in [0.3, 0.4) is 0 Å². The molecule has 0 aliphatic carbocycles. The fourth-order valence-corrected chi connectivity index (χ4v) is 3.17. The Morgan fingerprint density at radius 3 is 2.52 bits per heavy atom. The Morgan fingerprint density at radius 1 is 1.11 bits per heavy atom. The molecule has 0 spiro atoms. The molecule has 0 unspecified atom stereocenters. The highest BCUT2D eigenvalue weighted by atomic mass is 35.5. The van der Waals surface area contributed by atoms with Crippen molar-refractivity contribution in [1.29, 1.82) is 0 Å². The first-order chi connectivity index (χ1) is 13.0. The second-order valence-electron chi connectivity index (χ2n) is 6.46. The molecule has 2 aromatic carbocycles. The molecule has 2 aromatic rings. The molecule has 0 bridgehead atoms. The highest BCUT2D eigenvalue weighted by Gasteiger charge is 2.20. The van der Waals surface area contributed by atoms with Crippen LogP contribution in [-0.4, -0.2) is 41.6 Å². The number of amides is 3. The van der Waals surface area contributed by atoms with Crippen LogP contribution in [0.25, 0.3) is 0 Å². The number of carbonyl (C=O) groups is 2. The summed E-state index contributed by atoms with van der Waals surface area (Å²) in [6, 6.07) is 13.4. The van der Waals surface area contributed by atoms with E-state index in [2.05, 4.69) is 10.6 Å². The van der Waals surface area contributed by atoms with Gasteiger partial charge >= 0.3 is 6.03 Å². The summed E-state index contributed by atoms with van der Waals surface area (Å²) in [5.41, 5.74) is 1.56. The zero-order valence-corrected chi connectivity index (χ0v) is 15.6. The maximum atomic E-state index is 12.5. The molecule has 1 aliphatic heterocycles. The van der Waals surface area contributed by atoms with Crippen molar-refractivity contribution in [1.82, 2.24) is 10.2 Å². The molecule has 3 rings (SSSR count). The Morgan fingerprint density at radius 2 is 1.81 bits per heavy atom. The maximum absolute atomic E-state index is 12.5. The van der Waals surface area contributed by atoms with Gasteiger partial charge in [-0.2, -0.15) is 0 Å². The first-order valence-corrected chi connectivity index (χ1v) is 9.29. The Bertz CT molecular complexity index is 807. The minimum absolute atomic E-state index is 0.0554. The van der Waals surface area contributed by atoms with E-state index in [4.69, 9.17) is 11.6 Å². The average molecular weight is 388 g/mol. The molecule has 1 saturated heterocycles. The second kappa shape index (κ2) is 8.88. The van der Waals surface area contributed by atoms with Crippen molar-refractivity contribution in [3.05, 3.63) is 64.7 Å². The van der Waals surface area contributed by atoms with E-state index in [0.29, 0.717) is 21.8 Å². The van der Waals surface area contributed by atoms with Crippen molar-refractivity contribution in [3.63, 3.8) is 0 Å². The number of likely N-dealkylation sites (tertiary alicyclic amines) is 1. The Labute approximate surface area is 163 Å². The van der Waals surface area contributed by atoms with Crippen LogP contribution in [0.4, 0.5) is 10.5 Å². The molecule has 3 amide bonds. The van der Waals surface area contributed by atoms with Crippen LogP contribution < -0.4 is 10.6 Å². The van der Waals surface area contributed by atoms with Crippen molar-refractivity contribution < 1.29 is 14.7 Å². The highest BCUT2D eigenvalue weighted by molar-refractivity contribution is 6.33. The summed E-state index contributed by atoms with van der Waals surface area (Å²) in [5.74, 6) is -0.0628. The Balaban J connectivity index is 1.60. The highest BCUT2D eigenvalue weighted by Crippen LogP contribution is 2.24. The normalized spacial score (nSPS) is 14.7. The van der Waals surface area contributed by atoms with Crippen LogP contribution in [0.5, 0.6) is 0 Å². The third-order valence-corrected chi connectivity index (χ3v) is 4.82. The number of aliphatic hydroxyl groups is 1. The number of benzene rings is 2. The number of halogens is 1. The lowest BCUT2D eigenvalue weighted by Crippen LogP contribution is -2.32. The molecule has 7 heteroatoms. The minimum Gasteiger partial charge on any atom is -0.387 e. The first kappa shape index (κ1) is 19.2. The quantitative estimate of drug-likeness (QED) is 0.735. The predicted molar refractivity (Wildman–Crippen MR) is 105 cm³/mol. The van der Waals surface area contributed by atoms with E-state index < -0.39 is 12.1 Å². The molecule has 0 aromatic heterocycles. The molecule has 6 nitrogen and oxygen atoms in total. The largest absolute Gasteiger partial charge is 0.387 e. The fourth-order valence-electron chi connectivity index (χ4n) is 3.01. The maximum Gasteiger partial charge on any atom is 0.319 e. The van der Waals surface area contributed by atoms with E-state index in [1.165, 1.54) is 0 Å². The van der Waals surface area contributed by atoms with Crippen LogP contribution in [0, 0.1) is 0 Å². The molecule has 1 aliphatic rings. The molecule has 1 atom stereocenters. The van der Waals surface area contributed by atoms with Gasteiger partial charge in [0, 0.05) is 25.2 Å². The number of carbonyl (C=O) groups excluding carboxylic acids is 2. The van der Waals surface area contributed by atoms with E-state index >= 15 is 0 Å². The fraction of sp³-hybridized carbons (Fsp3) is 0.300. The van der Waals surface area contributed by atoms with E-state index in [9.17, 15) is 14.7 Å². The third-order valence-electron chi connectivity index (χ3n) is 4.50. The number of urea groups is 1. The summed E-state index contributed by atoms with van der Waals surface area (Å²) in [6.07, 6.45) is 1.21. The van der Waals surface area contributed by atoms with E-state index in [1.54, 1.807) is 35.2 Å². The number of rotatable bonds is 5. The van der Waals surface area contributed by atoms with Gasteiger partial charge in [-0.25, -0.2) is 4.79 Å². The summed E-state index contributed by atoms with van der Waals surface area (Å²) in [4.78, 5) is 26.4. The van der Waals surface area contributed by atoms with Crippen LogP contribution in [0.1, 0.15) is 34.9 Å². The van der Waals surface area contributed by atoms with Gasteiger partial charge in [0.15, 0.2) is 0 Å². The number of hydrogen-bond acceptors (Lipinski definition) is 3. The van der Waals surface area contributed by atoms with Gasteiger partial charge < -0.3 is 20.6 Å². The van der Waals surface area contributed by atoms with Crippen LogP contribution >= 0.6 is 11.6 Å². The van der Waals surface area contributed by atoms with Crippen molar-refractivity contribution in [2.75, 3.05) is 25.0 Å². The van der Waals surface area contributed by atoms with E-state index in [-0.39, 0.29) is 12.5 Å². The SMILES string of the molecule is O=C(NC[C@@H](O)c1ccccc1)Nc1cc(C(=O)N2CCCC2)ccc1Cl. The van der Waals surface area contributed by atoms with Crippen LogP contribution in [0.15, 0.2) is 48.5 Å². The number of aliphatic hydroxyl groups excluding tert-OH is 1. The number of nitrogens with zero attached hydrogens (tertiary/aromatic N) is 1. The average Bonchev–Trinajstić information content (AvgIpc) is 3.23. The van der Waals surface area contributed by atoms with Gasteiger partial charge in [0.2, 0.25) is 0 Å². The second-order valence-corrected chi connectivity index (χ2v) is 6.86. The molecular weight excluding hydrogens is 366 g/mol. The van der Waals surface area contributed by atoms with Gasteiger partial charge in [0.05, 0.1) is 16.8 Å². The predicted octanol–water partition coefficient (Wildman–Crippen LogP) is 3.43. The molecule has 0 radical (unpaired) electrons. The van der Waals surface area contributed by atoms with Crippen molar-refractivity contribution in [3.8, 4) is 0 Å². The molecule has 3 N–H and O–H groups in total. The standard InChI is InChI=1S/C20H22ClN3O3/c21-16-9-8-15(19(26)24-10-4-5-11-24)12-17(16)23-20(27)22-13-18(25)14-6-2-1-3-7-14/h1-3,6-9,12,18,25H,4-5,10-11,13H2,(H2,22,23,27)/t18-/m1/s1. The van der Waals surface area contributed by atoms with Gasteiger partial charge in [0.25, 0.3) is 5.91 Å². The minimum atomic E-state index is -0.810. The summed E-state index contributed by atoms with van der Waals surface area (Å²) < 4.78 is 0. The molecular formula is C20H22ClN3O3. The Kier molecular flexibility index (Phi) is 6.32. The number of hydrogen-bond donors (Lipinski definition) is 3. The molecule has 142 valence electrons. The summed E-state index contributed by atoms with van der Waals surface area (Å²) >= 11 is 6.15. The zero-order chi connectivity index (χ0) is 19.2. The number of nitrogens with one attached hydrogen (secondary N) is 2. The lowest BCUT2D eigenvalue weighted by atomic mass is 10.1. The lowest BCUT2D eigenvalue weighted by Gasteiger charge is -2.17. The van der Waals surface area contributed by atoms with E-state index in [0.717, 1.165) is 25.9 Å². The van der Waals surface area contributed by atoms with Crippen LogP contribution in [0.2, 0.25) is 5.02 Å². The summed E-state index contributed by atoms with van der Waals surface area (Å²) in [7, 11) is 0. The third kappa shape index (κ3) is 4.99. The van der Waals surface area contributed by atoms with Crippen molar-refractivity contribution in [2.45, 2.75) is 18.9 Å². The van der Waals surface area contributed by atoms with Gasteiger partial charge in [-0.3, -0.25) is 4.79 Å². The van der Waals surface area contributed by atoms with Gasteiger partial charge in [0.1, 0.15) is 0 Å². The number of anilines is 1. The van der Waals surface area contributed by atoms with Crippen LogP contribution in [-0.2, 0) is 0 Å². The van der Waals surface area contributed by atoms with Gasteiger partial charge in [-0.15, -0.1) is 0 Å². The van der Waals surface area contributed by atoms with Gasteiger partial charge in [-0.1, -0.05) is 41.9 Å². The molecule has 1 heterocycles. The summed E-state index contributed by atoms with van der Waals surface area (Å²) in [6.45, 7) is 1.56. The first-order valence-electron chi connectivity index (χ1n) is 8.91. The zero-order valence-electron chi connectivity index (χ0n) is 14.8. The van der Waals surface area contributed by atoms with Gasteiger partial charge in [-0.05, 0) is 36.6 Å². The van der Waals surface area contributed by atoms with E-state index in [1.807, 2.05) is 18.2 Å². The molecule has 1 fully saturated rings.